The largest absolute Gasteiger partial charge is 0.392 e. The zero-order valence-electron chi connectivity index (χ0n) is 17.2. The van der Waals surface area contributed by atoms with Gasteiger partial charge in [0.05, 0.1) is 23.6 Å². The number of nitrogens with zero attached hydrogens (tertiary/aromatic N) is 4. The van der Waals surface area contributed by atoms with Crippen molar-refractivity contribution in [3.63, 3.8) is 0 Å². The van der Waals surface area contributed by atoms with Crippen LogP contribution in [0, 0.1) is 6.92 Å². The highest BCUT2D eigenvalue weighted by atomic mass is 32.2. The summed E-state index contributed by atoms with van der Waals surface area (Å²) in [4.78, 5) is 11.1. The lowest BCUT2D eigenvalue weighted by Crippen LogP contribution is -2.49. The van der Waals surface area contributed by atoms with Crippen molar-refractivity contribution in [1.29, 1.82) is 0 Å². The van der Waals surface area contributed by atoms with Crippen LogP contribution in [0.15, 0.2) is 41.3 Å². The molecule has 0 radical (unpaired) electrons. The van der Waals surface area contributed by atoms with Crippen molar-refractivity contribution in [3.05, 3.63) is 53.1 Å². The van der Waals surface area contributed by atoms with E-state index < -0.39 is 10.0 Å². The first-order chi connectivity index (χ1) is 14.8. The van der Waals surface area contributed by atoms with Crippen molar-refractivity contribution in [2.24, 2.45) is 0 Å². The Hall–Kier alpha value is -2.79. The molecule has 31 heavy (non-hydrogen) atoms. The summed E-state index contributed by atoms with van der Waals surface area (Å²) < 4.78 is 27.3. The molecular weight excluding hydrogens is 418 g/mol. The van der Waals surface area contributed by atoms with Crippen molar-refractivity contribution in [3.8, 4) is 0 Å². The fourth-order valence-electron chi connectivity index (χ4n) is 3.70. The van der Waals surface area contributed by atoms with E-state index in [0.717, 1.165) is 5.56 Å². The molecule has 2 heterocycles. The van der Waals surface area contributed by atoms with Gasteiger partial charge < -0.3 is 20.8 Å². The lowest BCUT2D eigenvalue weighted by Gasteiger charge is -2.34. The third kappa shape index (κ3) is 4.07. The number of piperazine rings is 1. The maximum Gasteiger partial charge on any atom is 0.243 e. The Bertz CT molecular complexity index is 1210. The van der Waals surface area contributed by atoms with E-state index >= 15 is 0 Å². The Morgan fingerprint density at radius 1 is 0.968 bits per heavy atom. The number of anilines is 2. The Labute approximate surface area is 180 Å². The van der Waals surface area contributed by atoms with E-state index in [1.54, 1.807) is 36.4 Å². The molecule has 2 aromatic carbocycles. The molecule has 0 atom stereocenters. The maximum atomic E-state index is 12.9. The predicted octanol–water partition coefficient (Wildman–Crippen LogP) is 1.02. The Morgan fingerprint density at radius 3 is 2.19 bits per heavy atom. The van der Waals surface area contributed by atoms with Gasteiger partial charge in [-0.05, 0) is 42.3 Å². The molecule has 1 aliphatic rings. The van der Waals surface area contributed by atoms with Crippen LogP contribution >= 0.6 is 0 Å². The van der Waals surface area contributed by atoms with E-state index in [9.17, 15) is 18.6 Å². The van der Waals surface area contributed by atoms with E-state index in [1.807, 2.05) is 11.8 Å². The average Bonchev–Trinajstić information content (AvgIpc) is 2.78. The second-order valence-corrected chi connectivity index (χ2v) is 9.51. The summed E-state index contributed by atoms with van der Waals surface area (Å²) >= 11 is 0. The van der Waals surface area contributed by atoms with Crippen LogP contribution in [-0.2, 0) is 23.2 Å². The van der Waals surface area contributed by atoms with Gasteiger partial charge in [-0.15, -0.1) is 0 Å². The summed E-state index contributed by atoms with van der Waals surface area (Å²) in [7, 11) is -3.55. The number of hydrogen-bond acceptors (Lipinski definition) is 8. The van der Waals surface area contributed by atoms with Gasteiger partial charge in [0.2, 0.25) is 16.0 Å². The quantitative estimate of drug-likeness (QED) is 0.532. The molecule has 9 nitrogen and oxygen atoms in total. The van der Waals surface area contributed by atoms with E-state index in [2.05, 4.69) is 9.97 Å². The fraction of sp³-hybridized carbons (Fsp3) is 0.333. The number of nitrogen functional groups attached to an aromatic ring is 1. The lowest BCUT2D eigenvalue weighted by molar-refractivity contribution is 0.260. The number of aryl methyl sites for hydroxylation is 1. The summed E-state index contributed by atoms with van der Waals surface area (Å²) in [6, 6.07) is 10.2. The highest BCUT2D eigenvalue weighted by Crippen LogP contribution is 2.26. The predicted molar refractivity (Wildman–Crippen MR) is 118 cm³/mol. The maximum absolute atomic E-state index is 12.9. The molecule has 3 aromatic rings. The molecule has 4 rings (SSSR count). The van der Waals surface area contributed by atoms with Crippen LogP contribution in [0.1, 0.15) is 16.7 Å². The number of sulfonamides is 1. The third-order valence-electron chi connectivity index (χ3n) is 5.56. The average molecular weight is 444 g/mol. The van der Waals surface area contributed by atoms with Crippen LogP contribution in [0.2, 0.25) is 0 Å². The fourth-order valence-corrected chi connectivity index (χ4v) is 5.12. The van der Waals surface area contributed by atoms with Gasteiger partial charge in [-0.2, -0.15) is 9.29 Å². The molecule has 1 saturated heterocycles. The highest BCUT2D eigenvalue weighted by Gasteiger charge is 2.29. The first-order valence-electron chi connectivity index (χ1n) is 9.96. The van der Waals surface area contributed by atoms with Crippen molar-refractivity contribution in [2.45, 2.75) is 25.0 Å². The molecule has 0 bridgehead atoms. The Balaban J connectivity index is 1.56. The van der Waals surface area contributed by atoms with Crippen molar-refractivity contribution < 1.29 is 18.6 Å². The molecule has 164 valence electrons. The third-order valence-corrected chi connectivity index (χ3v) is 7.47. The lowest BCUT2D eigenvalue weighted by atomic mass is 10.1. The number of rotatable bonds is 5. The molecule has 0 spiro atoms. The number of benzene rings is 2. The Morgan fingerprint density at radius 2 is 1.58 bits per heavy atom. The van der Waals surface area contributed by atoms with Crippen molar-refractivity contribution in [2.75, 3.05) is 36.8 Å². The van der Waals surface area contributed by atoms with Gasteiger partial charge in [-0.25, -0.2) is 13.4 Å². The number of hydrogen-bond donors (Lipinski definition) is 3. The van der Waals surface area contributed by atoms with Gasteiger partial charge in [-0.1, -0.05) is 17.7 Å². The molecular formula is C21H25N5O4S. The van der Waals surface area contributed by atoms with Crippen LogP contribution in [0.25, 0.3) is 10.9 Å². The van der Waals surface area contributed by atoms with Crippen molar-refractivity contribution in [1.82, 2.24) is 14.3 Å². The molecule has 10 heteroatoms. The van der Waals surface area contributed by atoms with Crippen LogP contribution in [-0.4, -0.2) is 59.1 Å². The summed E-state index contributed by atoms with van der Waals surface area (Å²) in [5, 5.41) is 19.6. The molecule has 1 aliphatic heterocycles. The number of nitrogens with two attached hydrogens (primary N) is 1. The minimum absolute atomic E-state index is 0.218. The standard InChI is InChI=1S/C21H25N5O4S/c1-14-2-4-17(5-3-14)31(29,30)26-8-6-25(7-9-26)21-23-19-11-16(13-28)15(12-27)10-18(19)20(22)24-21/h2-5,10-11,27-28H,6-9,12-13H2,1H3,(H2,22,23,24). The molecule has 4 N–H and O–H groups in total. The van der Waals surface area contributed by atoms with Gasteiger partial charge in [-0.3, -0.25) is 0 Å². The molecule has 0 unspecified atom stereocenters. The minimum atomic E-state index is -3.55. The smallest absolute Gasteiger partial charge is 0.243 e. The highest BCUT2D eigenvalue weighted by molar-refractivity contribution is 7.89. The van der Waals surface area contributed by atoms with Crippen LogP contribution in [0.4, 0.5) is 11.8 Å². The second-order valence-electron chi connectivity index (χ2n) is 7.57. The number of fused-ring (bicyclic) bond motifs is 1. The van der Waals surface area contributed by atoms with E-state index in [0.29, 0.717) is 54.2 Å². The molecule has 0 aliphatic carbocycles. The SMILES string of the molecule is Cc1ccc(S(=O)(=O)N2CCN(c3nc(N)c4cc(CO)c(CO)cc4n3)CC2)cc1. The van der Waals surface area contributed by atoms with Crippen molar-refractivity contribution >= 4 is 32.7 Å². The van der Waals surface area contributed by atoms with E-state index in [4.69, 9.17) is 5.73 Å². The topological polar surface area (TPSA) is 133 Å². The number of aliphatic hydroxyl groups excluding tert-OH is 2. The summed E-state index contributed by atoms with van der Waals surface area (Å²) in [5.41, 5.74) is 8.86. The zero-order valence-corrected chi connectivity index (χ0v) is 18.0. The van der Waals surface area contributed by atoms with Gasteiger partial charge >= 0.3 is 0 Å². The second kappa shape index (κ2) is 8.39. The van der Waals surface area contributed by atoms with Crippen LogP contribution in [0.5, 0.6) is 0 Å². The van der Waals surface area contributed by atoms with E-state index in [1.165, 1.54) is 4.31 Å². The first-order valence-corrected chi connectivity index (χ1v) is 11.4. The monoisotopic (exact) mass is 443 g/mol. The first kappa shape index (κ1) is 21.4. The molecule has 0 amide bonds. The van der Waals surface area contributed by atoms with Gasteiger partial charge in [0.15, 0.2) is 0 Å². The molecule has 0 saturated carbocycles. The van der Waals surface area contributed by atoms with E-state index in [-0.39, 0.29) is 23.9 Å². The number of aromatic nitrogens is 2. The Kier molecular flexibility index (Phi) is 5.80. The van der Waals surface area contributed by atoms with Gasteiger partial charge in [0, 0.05) is 31.6 Å². The zero-order chi connectivity index (χ0) is 22.2. The van der Waals surface area contributed by atoms with Crippen LogP contribution < -0.4 is 10.6 Å². The molecule has 1 fully saturated rings. The normalized spacial score (nSPS) is 15.5. The van der Waals surface area contributed by atoms with Gasteiger partial charge in [0.1, 0.15) is 5.82 Å². The summed E-state index contributed by atoms with van der Waals surface area (Å²) in [6.45, 7) is 2.95. The number of aliphatic hydroxyl groups is 2. The molecule has 1 aromatic heterocycles. The minimum Gasteiger partial charge on any atom is -0.392 e. The van der Waals surface area contributed by atoms with Crippen LogP contribution in [0.3, 0.4) is 0 Å². The van der Waals surface area contributed by atoms with Gasteiger partial charge in [0.25, 0.3) is 0 Å². The summed E-state index contributed by atoms with van der Waals surface area (Å²) in [5.74, 6) is 0.687. The summed E-state index contributed by atoms with van der Waals surface area (Å²) in [6.07, 6.45) is 0.